The molecule has 6 nitrogen and oxygen atoms in total. The van der Waals surface area contributed by atoms with E-state index in [4.69, 9.17) is 9.72 Å². The Morgan fingerprint density at radius 3 is 2.61 bits per heavy atom. The van der Waals surface area contributed by atoms with Gasteiger partial charge in [0.25, 0.3) is 0 Å². The molecule has 0 unspecified atom stereocenters. The molecule has 1 aliphatic rings. The minimum absolute atomic E-state index is 0.765. The highest BCUT2D eigenvalue weighted by atomic mass is 16.5. The highest BCUT2D eigenvalue weighted by Crippen LogP contribution is 2.22. The number of morpholine rings is 1. The average molecular weight is 313 g/mol. The van der Waals surface area contributed by atoms with Crippen molar-refractivity contribution in [3.8, 4) is 0 Å². The van der Waals surface area contributed by atoms with Crippen molar-refractivity contribution in [3.05, 3.63) is 35.4 Å². The van der Waals surface area contributed by atoms with Crippen LogP contribution in [0.15, 0.2) is 18.2 Å². The van der Waals surface area contributed by atoms with Crippen molar-refractivity contribution in [1.82, 2.24) is 15.0 Å². The van der Waals surface area contributed by atoms with Gasteiger partial charge in [-0.1, -0.05) is 6.92 Å². The standard InChI is InChI=1S/C17H23N5O/c1-4-14-11-16(20-13(3)19-14)21-15-5-6-17(18-12(15)2)22-7-9-23-10-8-22/h5-6,11H,4,7-10H2,1-3H3,(H,19,20,21). The van der Waals surface area contributed by atoms with Gasteiger partial charge in [0, 0.05) is 24.8 Å². The summed E-state index contributed by atoms with van der Waals surface area (Å²) in [5.74, 6) is 2.60. The minimum Gasteiger partial charge on any atom is -0.378 e. The lowest BCUT2D eigenvalue weighted by Crippen LogP contribution is -2.36. The quantitative estimate of drug-likeness (QED) is 0.936. The summed E-state index contributed by atoms with van der Waals surface area (Å²) in [4.78, 5) is 15.8. The molecule has 0 atom stereocenters. The molecule has 6 heteroatoms. The highest BCUT2D eigenvalue weighted by Gasteiger charge is 2.13. The number of nitrogens with zero attached hydrogens (tertiary/aromatic N) is 4. The van der Waals surface area contributed by atoms with Gasteiger partial charge in [0.2, 0.25) is 0 Å². The zero-order valence-corrected chi connectivity index (χ0v) is 14.0. The van der Waals surface area contributed by atoms with Gasteiger partial charge in [-0.25, -0.2) is 15.0 Å². The van der Waals surface area contributed by atoms with Crippen LogP contribution >= 0.6 is 0 Å². The molecule has 3 heterocycles. The molecule has 122 valence electrons. The van der Waals surface area contributed by atoms with Crippen LogP contribution in [0.5, 0.6) is 0 Å². The van der Waals surface area contributed by atoms with Crippen LogP contribution in [0.1, 0.15) is 24.1 Å². The van der Waals surface area contributed by atoms with E-state index in [-0.39, 0.29) is 0 Å². The van der Waals surface area contributed by atoms with Gasteiger partial charge in [-0.2, -0.15) is 0 Å². The molecule has 0 aromatic carbocycles. The molecule has 0 saturated carbocycles. The Morgan fingerprint density at radius 1 is 1.13 bits per heavy atom. The SMILES string of the molecule is CCc1cc(Nc2ccc(N3CCOCC3)nc2C)nc(C)n1. The second-order valence-electron chi connectivity index (χ2n) is 5.67. The normalized spacial score (nSPS) is 14.8. The predicted molar refractivity (Wildman–Crippen MR) is 91.4 cm³/mol. The maximum atomic E-state index is 5.39. The molecule has 1 saturated heterocycles. The summed E-state index contributed by atoms with van der Waals surface area (Å²) in [6, 6.07) is 6.11. The summed E-state index contributed by atoms with van der Waals surface area (Å²) in [6.45, 7) is 9.34. The summed E-state index contributed by atoms with van der Waals surface area (Å²) in [5, 5.41) is 3.36. The third kappa shape index (κ3) is 3.76. The molecule has 23 heavy (non-hydrogen) atoms. The van der Waals surface area contributed by atoms with Crippen LogP contribution in [-0.2, 0) is 11.2 Å². The molecular formula is C17H23N5O. The first-order chi connectivity index (χ1) is 11.2. The Balaban J connectivity index is 1.79. The molecule has 1 fully saturated rings. The molecule has 2 aromatic heterocycles. The Morgan fingerprint density at radius 2 is 1.91 bits per heavy atom. The molecule has 0 aliphatic carbocycles. The Labute approximate surface area is 136 Å². The highest BCUT2D eigenvalue weighted by molar-refractivity contribution is 5.61. The summed E-state index contributed by atoms with van der Waals surface area (Å²) < 4.78 is 5.39. The molecule has 0 amide bonds. The van der Waals surface area contributed by atoms with Crippen LogP contribution in [0.3, 0.4) is 0 Å². The van der Waals surface area contributed by atoms with Crippen LogP contribution in [0.2, 0.25) is 0 Å². The number of aromatic nitrogens is 3. The van der Waals surface area contributed by atoms with Crippen molar-refractivity contribution in [3.63, 3.8) is 0 Å². The molecule has 0 spiro atoms. The first-order valence-corrected chi connectivity index (χ1v) is 8.07. The Hall–Kier alpha value is -2.21. The smallest absolute Gasteiger partial charge is 0.134 e. The number of pyridine rings is 1. The summed E-state index contributed by atoms with van der Waals surface area (Å²) in [6.07, 6.45) is 0.894. The monoisotopic (exact) mass is 313 g/mol. The number of nitrogens with one attached hydrogen (secondary N) is 1. The van der Waals surface area contributed by atoms with Gasteiger partial charge in [0.15, 0.2) is 0 Å². The van der Waals surface area contributed by atoms with Gasteiger partial charge in [0.1, 0.15) is 17.5 Å². The number of hydrogen-bond acceptors (Lipinski definition) is 6. The molecular weight excluding hydrogens is 290 g/mol. The van der Waals surface area contributed by atoms with Crippen molar-refractivity contribution in [2.24, 2.45) is 0 Å². The molecule has 3 rings (SSSR count). The average Bonchev–Trinajstić information content (AvgIpc) is 2.57. The van der Waals surface area contributed by atoms with E-state index in [1.54, 1.807) is 0 Å². The first kappa shape index (κ1) is 15.7. The van der Waals surface area contributed by atoms with Gasteiger partial charge >= 0.3 is 0 Å². The number of anilines is 3. The lowest BCUT2D eigenvalue weighted by Gasteiger charge is -2.28. The zero-order valence-electron chi connectivity index (χ0n) is 14.0. The van der Waals surface area contributed by atoms with Crippen molar-refractivity contribution in [2.75, 3.05) is 36.5 Å². The molecule has 1 aliphatic heterocycles. The fourth-order valence-corrected chi connectivity index (χ4v) is 2.66. The van der Waals surface area contributed by atoms with Crippen LogP contribution in [0, 0.1) is 13.8 Å². The maximum absolute atomic E-state index is 5.39. The minimum atomic E-state index is 0.765. The van der Waals surface area contributed by atoms with Crippen LogP contribution in [0.4, 0.5) is 17.3 Å². The Kier molecular flexibility index (Phi) is 4.71. The van der Waals surface area contributed by atoms with Crippen molar-refractivity contribution < 1.29 is 4.74 Å². The molecule has 2 aromatic rings. The largest absolute Gasteiger partial charge is 0.378 e. The van der Waals surface area contributed by atoms with Crippen molar-refractivity contribution in [1.29, 1.82) is 0 Å². The molecule has 0 radical (unpaired) electrons. The van der Waals surface area contributed by atoms with Gasteiger partial charge in [-0.05, 0) is 32.4 Å². The number of hydrogen-bond donors (Lipinski definition) is 1. The van der Waals surface area contributed by atoms with E-state index in [1.807, 2.05) is 19.9 Å². The van der Waals surface area contributed by atoms with E-state index in [0.29, 0.717) is 0 Å². The maximum Gasteiger partial charge on any atom is 0.134 e. The van der Waals surface area contributed by atoms with Gasteiger partial charge < -0.3 is 15.0 Å². The lowest BCUT2D eigenvalue weighted by molar-refractivity contribution is 0.122. The third-order valence-electron chi connectivity index (χ3n) is 3.92. The predicted octanol–water partition coefficient (Wildman–Crippen LogP) is 2.63. The number of aryl methyl sites for hydroxylation is 3. The molecule has 0 bridgehead atoms. The van der Waals surface area contributed by atoms with Crippen LogP contribution in [-0.4, -0.2) is 41.3 Å². The second kappa shape index (κ2) is 6.91. The van der Waals surface area contributed by atoms with E-state index in [1.165, 1.54) is 0 Å². The van der Waals surface area contributed by atoms with Gasteiger partial charge in [-0.3, -0.25) is 0 Å². The van der Waals surface area contributed by atoms with E-state index in [2.05, 4.69) is 39.2 Å². The van der Waals surface area contributed by atoms with E-state index < -0.39 is 0 Å². The van der Waals surface area contributed by atoms with Gasteiger partial charge in [-0.15, -0.1) is 0 Å². The second-order valence-corrected chi connectivity index (χ2v) is 5.67. The summed E-state index contributed by atoms with van der Waals surface area (Å²) >= 11 is 0. The number of ether oxygens (including phenoxy) is 1. The van der Waals surface area contributed by atoms with Gasteiger partial charge in [0.05, 0.1) is 24.6 Å². The van der Waals surface area contributed by atoms with Crippen molar-refractivity contribution >= 4 is 17.3 Å². The summed E-state index contributed by atoms with van der Waals surface area (Å²) in [7, 11) is 0. The topological polar surface area (TPSA) is 63.2 Å². The lowest BCUT2D eigenvalue weighted by atomic mass is 10.2. The van der Waals surface area contributed by atoms with E-state index in [0.717, 1.165) is 67.3 Å². The van der Waals surface area contributed by atoms with Crippen LogP contribution < -0.4 is 10.2 Å². The van der Waals surface area contributed by atoms with E-state index >= 15 is 0 Å². The fourth-order valence-electron chi connectivity index (χ4n) is 2.66. The molecule has 1 N–H and O–H groups in total. The van der Waals surface area contributed by atoms with E-state index in [9.17, 15) is 0 Å². The fraction of sp³-hybridized carbons (Fsp3) is 0.471. The number of rotatable bonds is 4. The van der Waals surface area contributed by atoms with Crippen LogP contribution in [0.25, 0.3) is 0 Å². The zero-order chi connectivity index (χ0) is 16.2. The first-order valence-electron chi connectivity index (χ1n) is 8.07. The summed E-state index contributed by atoms with van der Waals surface area (Å²) in [5.41, 5.74) is 2.97. The Bertz CT molecular complexity index is 683. The third-order valence-corrected chi connectivity index (χ3v) is 3.92. The van der Waals surface area contributed by atoms with Crippen molar-refractivity contribution in [2.45, 2.75) is 27.2 Å².